The Balaban J connectivity index is 2.44. The van der Waals surface area contributed by atoms with E-state index in [4.69, 9.17) is 0 Å². The van der Waals surface area contributed by atoms with Gasteiger partial charge in [-0.2, -0.15) is 13.2 Å². The summed E-state index contributed by atoms with van der Waals surface area (Å²) in [6.07, 6.45) is -2.80. The second-order valence-corrected chi connectivity index (χ2v) is 5.02. The van der Waals surface area contributed by atoms with Gasteiger partial charge in [0.2, 0.25) is 0 Å². The minimum atomic E-state index is -4.59. The van der Waals surface area contributed by atoms with Crippen LogP contribution in [0.15, 0.2) is 18.2 Å². The molecule has 1 aliphatic carbocycles. The van der Waals surface area contributed by atoms with Crippen molar-refractivity contribution in [1.82, 2.24) is 0 Å². The largest absolute Gasteiger partial charge is 0.416 e. The highest BCUT2D eigenvalue weighted by Crippen LogP contribution is 2.47. The summed E-state index contributed by atoms with van der Waals surface area (Å²) in [4.78, 5) is 0. The molecule has 1 aromatic carbocycles. The first-order chi connectivity index (χ1) is 8.75. The van der Waals surface area contributed by atoms with E-state index in [0.29, 0.717) is 30.9 Å². The van der Waals surface area contributed by atoms with Crippen LogP contribution in [0.1, 0.15) is 42.9 Å². The summed E-state index contributed by atoms with van der Waals surface area (Å²) in [6, 6.07) is 2.74. The van der Waals surface area contributed by atoms with Crippen LogP contribution in [0.5, 0.6) is 0 Å². The molecule has 0 nitrogen and oxygen atoms in total. The van der Waals surface area contributed by atoms with Gasteiger partial charge in [-0.1, -0.05) is 13.3 Å². The van der Waals surface area contributed by atoms with Crippen LogP contribution in [0, 0.1) is 5.92 Å². The van der Waals surface area contributed by atoms with Crippen molar-refractivity contribution >= 4 is 0 Å². The molecular formula is C14H15F5. The van der Waals surface area contributed by atoms with E-state index in [1.54, 1.807) is 6.92 Å². The maximum absolute atomic E-state index is 14.1. The Morgan fingerprint density at radius 2 is 1.58 bits per heavy atom. The van der Waals surface area contributed by atoms with E-state index in [-0.39, 0.29) is 0 Å². The minimum absolute atomic E-state index is 0.295. The Labute approximate surface area is 108 Å². The highest BCUT2D eigenvalue weighted by molar-refractivity contribution is 5.35. The lowest BCUT2D eigenvalue weighted by Crippen LogP contribution is -2.31. The number of hydrogen-bond donors (Lipinski definition) is 0. The van der Waals surface area contributed by atoms with Crippen LogP contribution in [-0.2, 0) is 18.5 Å². The molecular weight excluding hydrogens is 263 g/mol. The third-order valence-electron chi connectivity index (χ3n) is 3.73. The van der Waals surface area contributed by atoms with Gasteiger partial charge in [0.1, 0.15) is 0 Å². The zero-order valence-corrected chi connectivity index (χ0v) is 10.5. The maximum Gasteiger partial charge on any atom is 0.416 e. The minimum Gasteiger partial charge on any atom is -0.201 e. The molecule has 106 valence electrons. The molecule has 0 atom stereocenters. The molecule has 0 N–H and O–H groups in total. The number of aryl methyl sites for hydroxylation is 1. The summed E-state index contributed by atoms with van der Waals surface area (Å²) >= 11 is 0. The van der Waals surface area contributed by atoms with Gasteiger partial charge in [0, 0.05) is 11.5 Å². The van der Waals surface area contributed by atoms with E-state index >= 15 is 0 Å². The lowest BCUT2D eigenvalue weighted by molar-refractivity contribution is -0.138. The highest BCUT2D eigenvalue weighted by atomic mass is 19.4. The first-order valence-electron chi connectivity index (χ1n) is 6.34. The van der Waals surface area contributed by atoms with E-state index in [1.165, 1.54) is 6.07 Å². The average molecular weight is 278 g/mol. The van der Waals surface area contributed by atoms with E-state index in [9.17, 15) is 22.0 Å². The molecule has 5 heteroatoms. The van der Waals surface area contributed by atoms with E-state index < -0.39 is 29.1 Å². The fraction of sp³-hybridized carbons (Fsp3) is 0.571. The normalized spacial score (nSPS) is 17.4. The van der Waals surface area contributed by atoms with Gasteiger partial charge < -0.3 is 0 Å². The van der Waals surface area contributed by atoms with Crippen LogP contribution in [0.4, 0.5) is 22.0 Å². The zero-order chi connectivity index (χ0) is 14.3. The molecule has 0 unspecified atom stereocenters. The SMILES string of the molecule is CCc1cc(C(F)(F)F)cc(C(F)(F)C2CCC2)c1. The molecule has 0 bridgehead atoms. The van der Waals surface area contributed by atoms with Crippen LogP contribution in [0.2, 0.25) is 0 Å². The second kappa shape index (κ2) is 4.76. The first-order valence-corrected chi connectivity index (χ1v) is 6.34. The molecule has 1 fully saturated rings. The second-order valence-electron chi connectivity index (χ2n) is 5.02. The van der Waals surface area contributed by atoms with Crippen molar-refractivity contribution in [3.63, 3.8) is 0 Å². The van der Waals surface area contributed by atoms with Gasteiger partial charge in [-0.3, -0.25) is 0 Å². The molecule has 0 aromatic heterocycles. The van der Waals surface area contributed by atoms with E-state index in [1.807, 2.05) is 0 Å². The number of benzene rings is 1. The van der Waals surface area contributed by atoms with Gasteiger partial charge in [-0.15, -0.1) is 0 Å². The van der Waals surface area contributed by atoms with Gasteiger partial charge in [0.25, 0.3) is 5.92 Å². The third kappa shape index (κ3) is 2.74. The summed E-state index contributed by atoms with van der Waals surface area (Å²) in [5.41, 5.74) is -1.19. The Morgan fingerprint density at radius 1 is 1.00 bits per heavy atom. The summed E-state index contributed by atoms with van der Waals surface area (Å²) in [5.74, 6) is -3.98. The molecule has 0 amide bonds. The molecule has 1 aromatic rings. The lowest BCUT2D eigenvalue weighted by atomic mass is 9.77. The van der Waals surface area contributed by atoms with Crippen LogP contribution in [0.3, 0.4) is 0 Å². The Morgan fingerprint density at radius 3 is 2.00 bits per heavy atom. The van der Waals surface area contributed by atoms with Gasteiger partial charge >= 0.3 is 6.18 Å². The zero-order valence-electron chi connectivity index (χ0n) is 10.5. The third-order valence-corrected chi connectivity index (χ3v) is 3.73. The number of hydrogen-bond acceptors (Lipinski definition) is 0. The quantitative estimate of drug-likeness (QED) is 0.670. The predicted molar refractivity (Wildman–Crippen MR) is 62.1 cm³/mol. The fourth-order valence-electron chi connectivity index (χ4n) is 2.26. The van der Waals surface area contributed by atoms with E-state index in [2.05, 4.69) is 0 Å². The summed E-state index contributed by atoms with van der Waals surface area (Å²) in [7, 11) is 0. The number of halogens is 5. The van der Waals surface area contributed by atoms with Gasteiger partial charge in [0.05, 0.1) is 5.56 Å². The van der Waals surface area contributed by atoms with Crippen LogP contribution in [0.25, 0.3) is 0 Å². The highest BCUT2D eigenvalue weighted by Gasteiger charge is 2.45. The van der Waals surface area contributed by atoms with Crippen molar-refractivity contribution in [2.75, 3.05) is 0 Å². The molecule has 19 heavy (non-hydrogen) atoms. The van der Waals surface area contributed by atoms with Crippen LogP contribution >= 0.6 is 0 Å². The molecule has 1 saturated carbocycles. The van der Waals surface area contributed by atoms with Crippen molar-refractivity contribution in [3.05, 3.63) is 34.9 Å². The lowest BCUT2D eigenvalue weighted by Gasteiger charge is -2.34. The van der Waals surface area contributed by atoms with Crippen LogP contribution < -0.4 is 0 Å². The van der Waals surface area contributed by atoms with Gasteiger partial charge in [0.15, 0.2) is 0 Å². The molecule has 1 aliphatic rings. The number of alkyl halides is 5. The topological polar surface area (TPSA) is 0 Å². The van der Waals surface area contributed by atoms with Gasteiger partial charge in [-0.05, 0) is 43.0 Å². The maximum atomic E-state index is 14.1. The average Bonchev–Trinajstić information content (AvgIpc) is 2.24. The van der Waals surface area contributed by atoms with Crippen molar-refractivity contribution in [2.45, 2.75) is 44.7 Å². The Kier molecular flexibility index (Phi) is 3.58. The molecule has 0 spiro atoms. The smallest absolute Gasteiger partial charge is 0.201 e. The molecule has 0 radical (unpaired) electrons. The Bertz CT molecular complexity index is 457. The summed E-state index contributed by atoms with van der Waals surface area (Å²) in [6.45, 7) is 1.65. The van der Waals surface area contributed by atoms with Crippen LogP contribution in [-0.4, -0.2) is 0 Å². The number of rotatable bonds is 3. The Hall–Kier alpha value is -1.13. The molecule has 2 rings (SSSR count). The molecule has 0 heterocycles. The van der Waals surface area contributed by atoms with E-state index in [0.717, 1.165) is 12.5 Å². The van der Waals surface area contributed by atoms with Gasteiger partial charge in [-0.25, -0.2) is 8.78 Å². The standard InChI is InChI=1S/C14H15F5/c1-2-9-6-11(8-12(7-9)14(17,18)19)13(15,16)10-4-3-5-10/h6-8,10H,2-5H2,1H3. The molecule has 0 aliphatic heterocycles. The fourth-order valence-corrected chi connectivity index (χ4v) is 2.26. The summed E-state index contributed by atoms with van der Waals surface area (Å²) in [5, 5.41) is 0. The monoisotopic (exact) mass is 278 g/mol. The van der Waals surface area contributed by atoms with Crippen molar-refractivity contribution < 1.29 is 22.0 Å². The van der Waals surface area contributed by atoms with Crippen molar-refractivity contribution in [1.29, 1.82) is 0 Å². The first kappa shape index (κ1) is 14.3. The summed E-state index contributed by atoms with van der Waals surface area (Å²) < 4.78 is 66.4. The predicted octanol–water partition coefficient (Wildman–Crippen LogP) is 5.16. The van der Waals surface area contributed by atoms with Crippen molar-refractivity contribution in [3.8, 4) is 0 Å². The van der Waals surface area contributed by atoms with Crippen molar-refractivity contribution in [2.24, 2.45) is 5.92 Å². The molecule has 0 saturated heterocycles.